The molecule has 0 heterocycles. The molecule has 0 bridgehead atoms. The second-order valence-electron chi connectivity index (χ2n) is 4.49. The summed E-state index contributed by atoms with van der Waals surface area (Å²) < 4.78 is 23.7. The summed E-state index contributed by atoms with van der Waals surface area (Å²) in [5.41, 5.74) is 1.53. The molecule has 0 atom stereocenters. The molecule has 0 aliphatic carbocycles. The number of carbonyl (C=O) groups excluding carboxylic acids is 1. The predicted molar refractivity (Wildman–Crippen MR) is 89.7 cm³/mol. The Hall–Kier alpha value is -1.45. The van der Waals surface area contributed by atoms with Crippen LogP contribution in [0.2, 0.25) is 0 Å². The van der Waals surface area contributed by atoms with E-state index in [1.54, 1.807) is 25.1 Å². The highest BCUT2D eigenvalue weighted by Gasteiger charge is 2.12. The average molecular weight is 416 g/mol. The van der Waals surface area contributed by atoms with Gasteiger partial charge in [0.25, 0.3) is 5.91 Å². The first kappa shape index (κ1) is 15.9. The number of amides is 1. The molecule has 110 valence electrons. The van der Waals surface area contributed by atoms with Gasteiger partial charge in [-0.3, -0.25) is 4.79 Å². The van der Waals surface area contributed by atoms with Gasteiger partial charge in [0.1, 0.15) is 0 Å². The maximum absolute atomic E-state index is 12.1. The van der Waals surface area contributed by atoms with E-state index in [1.807, 2.05) is 12.1 Å². The molecular weight excluding hydrogens is 403 g/mol. The molecule has 0 aliphatic heterocycles. The number of aryl methyl sites for hydroxylation is 1. The normalized spacial score (nSPS) is 11.2. The molecule has 3 N–H and O–H groups in total. The summed E-state index contributed by atoms with van der Waals surface area (Å²) in [7, 11) is -3.75. The monoisotopic (exact) mass is 416 g/mol. The average Bonchev–Trinajstić information content (AvgIpc) is 2.37. The molecule has 0 radical (unpaired) electrons. The fourth-order valence-corrected chi connectivity index (χ4v) is 2.98. The van der Waals surface area contributed by atoms with Crippen LogP contribution in [0.25, 0.3) is 0 Å². The number of hydrogen-bond donors (Lipinski definition) is 2. The van der Waals surface area contributed by atoms with E-state index in [2.05, 4.69) is 27.9 Å². The Morgan fingerprint density at radius 1 is 1.14 bits per heavy atom. The van der Waals surface area contributed by atoms with Crippen LogP contribution >= 0.6 is 22.6 Å². The van der Waals surface area contributed by atoms with E-state index < -0.39 is 10.0 Å². The SMILES string of the molecule is Cc1cc(NC(=O)c2ccc(I)cc2)ccc1S(N)(=O)=O. The van der Waals surface area contributed by atoms with Crippen LogP contribution in [0.3, 0.4) is 0 Å². The quantitative estimate of drug-likeness (QED) is 0.754. The van der Waals surface area contributed by atoms with Gasteiger partial charge in [-0.25, -0.2) is 13.6 Å². The largest absolute Gasteiger partial charge is 0.322 e. The van der Waals surface area contributed by atoms with E-state index in [0.29, 0.717) is 16.8 Å². The van der Waals surface area contributed by atoms with Crippen molar-refractivity contribution in [2.75, 3.05) is 5.32 Å². The van der Waals surface area contributed by atoms with Gasteiger partial charge in [-0.2, -0.15) is 0 Å². The molecule has 2 aromatic carbocycles. The second kappa shape index (κ2) is 6.12. The molecule has 0 aliphatic rings. The highest BCUT2D eigenvalue weighted by atomic mass is 127. The molecule has 5 nitrogen and oxygen atoms in total. The van der Waals surface area contributed by atoms with Crippen molar-refractivity contribution in [1.82, 2.24) is 0 Å². The highest BCUT2D eigenvalue weighted by molar-refractivity contribution is 14.1. The molecule has 2 rings (SSSR count). The molecule has 0 saturated heterocycles. The van der Waals surface area contributed by atoms with Crippen molar-refractivity contribution in [3.63, 3.8) is 0 Å². The minimum absolute atomic E-state index is 0.0507. The molecule has 0 aromatic heterocycles. The summed E-state index contributed by atoms with van der Waals surface area (Å²) >= 11 is 2.16. The van der Waals surface area contributed by atoms with Crippen molar-refractivity contribution in [3.05, 3.63) is 57.2 Å². The Balaban J connectivity index is 2.22. The van der Waals surface area contributed by atoms with Crippen LogP contribution in [0.15, 0.2) is 47.4 Å². The lowest BCUT2D eigenvalue weighted by Gasteiger charge is -2.09. The number of carbonyl (C=O) groups is 1. The molecular formula is C14H13IN2O3S. The van der Waals surface area contributed by atoms with E-state index in [-0.39, 0.29) is 10.8 Å². The number of halogens is 1. The van der Waals surface area contributed by atoms with Crippen LogP contribution in [-0.4, -0.2) is 14.3 Å². The summed E-state index contributed by atoms with van der Waals surface area (Å²) in [6.07, 6.45) is 0. The fraction of sp³-hybridized carbons (Fsp3) is 0.0714. The Labute approximate surface area is 136 Å². The van der Waals surface area contributed by atoms with Crippen LogP contribution < -0.4 is 10.5 Å². The molecule has 2 aromatic rings. The lowest BCUT2D eigenvalue weighted by atomic mass is 10.2. The zero-order valence-electron chi connectivity index (χ0n) is 11.1. The smallest absolute Gasteiger partial charge is 0.255 e. The third kappa shape index (κ3) is 4.02. The van der Waals surface area contributed by atoms with Crippen LogP contribution in [0.1, 0.15) is 15.9 Å². The summed E-state index contributed by atoms with van der Waals surface area (Å²) in [6.45, 7) is 1.63. The van der Waals surface area contributed by atoms with Gasteiger partial charge in [-0.05, 0) is 77.5 Å². The number of sulfonamides is 1. The van der Waals surface area contributed by atoms with Crippen LogP contribution in [0, 0.1) is 10.5 Å². The number of benzene rings is 2. The molecule has 0 fully saturated rings. The molecule has 0 saturated carbocycles. The van der Waals surface area contributed by atoms with Crippen molar-refractivity contribution in [3.8, 4) is 0 Å². The van der Waals surface area contributed by atoms with Gasteiger partial charge in [0.05, 0.1) is 4.90 Å². The van der Waals surface area contributed by atoms with Gasteiger partial charge < -0.3 is 5.32 Å². The number of anilines is 1. The van der Waals surface area contributed by atoms with Gasteiger partial charge in [-0.15, -0.1) is 0 Å². The van der Waals surface area contributed by atoms with Gasteiger partial charge in [0.15, 0.2) is 0 Å². The van der Waals surface area contributed by atoms with Crippen molar-refractivity contribution in [1.29, 1.82) is 0 Å². The number of primary sulfonamides is 1. The number of nitrogens with two attached hydrogens (primary N) is 1. The lowest BCUT2D eigenvalue weighted by Crippen LogP contribution is -2.15. The van der Waals surface area contributed by atoms with E-state index in [1.165, 1.54) is 12.1 Å². The molecule has 1 amide bonds. The third-order valence-electron chi connectivity index (χ3n) is 2.85. The number of nitrogens with one attached hydrogen (secondary N) is 1. The highest BCUT2D eigenvalue weighted by Crippen LogP contribution is 2.19. The summed E-state index contributed by atoms with van der Waals surface area (Å²) in [5.74, 6) is -0.255. The first-order valence-corrected chi connectivity index (χ1v) is 8.60. The van der Waals surface area contributed by atoms with Gasteiger partial charge in [0, 0.05) is 14.8 Å². The van der Waals surface area contributed by atoms with Crippen molar-refractivity contribution >= 4 is 44.2 Å². The topological polar surface area (TPSA) is 89.3 Å². The Bertz CT molecular complexity index is 786. The maximum Gasteiger partial charge on any atom is 0.255 e. The first-order chi connectivity index (χ1) is 9.77. The molecule has 21 heavy (non-hydrogen) atoms. The Morgan fingerprint density at radius 3 is 2.29 bits per heavy atom. The molecule has 0 unspecified atom stereocenters. The van der Waals surface area contributed by atoms with Crippen molar-refractivity contribution in [2.45, 2.75) is 11.8 Å². The van der Waals surface area contributed by atoms with E-state index >= 15 is 0 Å². The van der Waals surface area contributed by atoms with Gasteiger partial charge in [0.2, 0.25) is 10.0 Å². The minimum Gasteiger partial charge on any atom is -0.322 e. The summed E-state index contributed by atoms with van der Waals surface area (Å²) in [6, 6.07) is 11.6. The molecule has 7 heteroatoms. The Kier molecular flexibility index (Phi) is 4.64. The van der Waals surface area contributed by atoms with E-state index in [0.717, 1.165) is 3.57 Å². The lowest BCUT2D eigenvalue weighted by molar-refractivity contribution is 0.102. The fourth-order valence-electron chi connectivity index (χ4n) is 1.85. The Morgan fingerprint density at radius 2 is 1.76 bits per heavy atom. The zero-order chi connectivity index (χ0) is 15.6. The van der Waals surface area contributed by atoms with Gasteiger partial charge in [-0.1, -0.05) is 0 Å². The van der Waals surface area contributed by atoms with Crippen LogP contribution in [0.4, 0.5) is 5.69 Å². The van der Waals surface area contributed by atoms with Gasteiger partial charge >= 0.3 is 0 Å². The number of hydrogen-bond acceptors (Lipinski definition) is 3. The van der Waals surface area contributed by atoms with E-state index in [9.17, 15) is 13.2 Å². The second-order valence-corrected chi connectivity index (χ2v) is 7.26. The maximum atomic E-state index is 12.1. The standard InChI is InChI=1S/C14H13IN2O3S/c1-9-8-12(6-7-13(9)21(16,19)20)17-14(18)10-2-4-11(15)5-3-10/h2-8H,1H3,(H,17,18)(H2,16,19,20). The van der Waals surface area contributed by atoms with Crippen LogP contribution in [0.5, 0.6) is 0 Å². The predicted octanol–water partition coefficient (Wildman–Crippen LogP) is 2.50. The zero-order valence-corrected chi connectivity index (χ0v) is 14.1. The van der Waals surface area contributed by atoms with Crippen molar-refractivity contribution in [2.24, 2.45) is 5.14 Å². The van der Waals surface area contributed by atoms with Crippen molar-refractivity contribution < 1.29 is 13.2 Å². The summed E-state index contributed by atoms with van der Waals surface area (Å²) in [5, 5.41) is 7.82. The number of rotatable bonds is 3. The van der Waals surface area contributed by atoms with Crippen LogP contribution in [-0.2, 0) is 10.0 Å². The third-order valence-corrected chi connectivity index (χ3v) is 4.64. The first-order valence-electron chi connectivity index (χ1n) is 5.98. The minimum atomic E-state index is -3.75. The van der Waals surface area contributed by atoms with E-state index in [4.69, 9.17) is 5.14 Å². The molecule has 0 spiro atoms. The summed E-state index contributed by atoms with van der Waals surface area (Å²) in [4.78, 5) is 12.1.